The predicted molar refractivity (Wildman–Crippen MR) is 59.5 cm³/mol. The van der Waals surface area contributed by atoms with Crippen molar-refractivity contribution in [1.29, 1.82) is 0 Å². The summed E-state index contributed by atoms with van der Waals surface area (Å²) < 4.78 is 0. The summed E-state index contributed by atoms with van der Waals surface area (Å²) in [5.41, 5.74) is 8.15. The second-order valence-corrected chi connectivity index (χ2v) is 4.01. The predicted octanol–water partition coefficient (Wildman–Crippen LogP) is 1.92. The maximum absolute atomic E-state index is 8.98. The maximum atomic E-state index is 8.98. The van der Waals surface area contributed by atoms with Crippen LogP contribution in [0.5, 0.6) is 0 Å². The van der Waals surface area contributed by atoms with Gasteiger partial charge in [0.25, 0.3) is 0 Å². The Morgan fingerprint density at radius 3 is 2.67 bits per heavy atom. The number of aliphatic hydroxyl groups excluding tert-OH is 1. The number of rotatable bonds is 7. The van der Waals surface area contributed by atoms with Gasteiger partial charge in [-0.15, -0.1) is 0 Å². The minimum Gasteiger partial charge on any atom is -0.395 e. The average Bonchev–Trinajstić information content (AvgIpc) is 2.76. The van der Waals surface area contributed by atoms with E-state index in [1.54, 1.807) is 0 Å². The first kappa shape index (κ1) is 12.3. The Balaban J connectivity index is 2.25. The second kappa shape index (κ2) is 7.51. The van der Waals surface area contributed by atoms with E-state index in [1.165, 1.54) is 25.7 Å². The molecule has 0 unspecified atom stereocenters. The molecule has 0 aromatic carbocycles. The Morgan fingerprint density at radius 1 is 1.33 bits per heavy atom. The standard InChI is InChI=1S/C10H20N4O/c11-13-12-6-3-7-14(8-9-15)10-4-1-2-5-10/h10,15H,1-9H2. The summed E-state index contributed by atoms with van der Waals surface area (Å²) in [5, 5.41) is 12.5. The molecule has 1 saturated carbocycles. The van der Waals surface area contributed by atoms with Crippen molar-refractivity contribution in [1.82, 2.24) is 4.90 Å². The van der Waals surface area contributed by atoms with E-state index in [0.717, 1.165) is 19.5 Å². The van der Waals surface area contributed by atoms with Gasteiger partial charge in [0.05, 0.1) is 6.61 Å². The number of aliphatic hydroxyl groups is 1. The Hall–Kier alpha value is -0.770. The van der Waals surface area contributed by atoms with E-state index < -0.39 is 0 Å². The molecule has 1 aliphatic rings. The van der Waals surface area contributed by atoms with Gasteiger partial charge in [-0.3, -0.25) is 4.90 Å². The highest BCUT2D eigenvalue weighted by Crippen LogP contribution is 2.23. The smallest absolute Gasteiger partial charge is 0.0558 e. The zero-order valence-electron chi connectivity index (χ0n) is 9.18. The zero-order chi connectivity index (χ0) is 10.9. The van der Waals surface area contributed by atoms with Crippen molar-refractivity contribution in [3.8, 4) is 0 Å². The van der Waals surface area contributed by atoms with Crippen LogP contribution in [0.4, 0.5) is 0 Å². The molecule has 0 heterocycles. The molecule has 0 bridgehead atoms. The Bertz CT molecular complexity index is 209. The van der Waals surface area contributed by atoms with Crippen LogP contribution in [0.1, 0.15) is 32.1 Å². The van der Waals surface area contributed by atoms with Crippen LogP contribution < -0.4 is 0 Å². The SMILES string of the molecule is [N-]=[N+]=NCCCN(CCO)C1CCCC1. The van der Waals surface area contributed by atoms with Crippen molar-refractivity contribution >= 4 is 0 Å². The molecule has 0 saturated heterocycles. The van der Waals surface area contributed by atoms with Crippen LogP contribution in [0.2, 0.25) is 0 Å². The van der Waals surface area contributed by atoms with Gasteiger partial charge in [0.15, 0.2) is 0 Å². The van der Waals surface area contributed by atoms with Gasteiger partial charge in [-0.1, -0.05) is 18.0 Å². The molecule has 5 heteroatoms. The molecule has 1 rings (SSSR count). The van der Waals surface area contributed by atoms with Gasteiger partial charge in [-0.25, -0.2) is 0 Å². The molecular formula is C10H20N4O. The van der Waals surface area contributed by atoms with Crippen molar-refractivity contribution in [2.24, 2.45) is 5.11 Å². The molecule has 0 atom stereocenters. The highest BCUT2D eigenvalue weighted by atomic mass is 16.3. The third-order valence-corrected chi connectivity index (χ3v) is 2.99. The number of azide groups is 1. The largest absolute Gasteiger partial charge is 0.395 e. The maximum Gasteiger partial charge on any atom is 0.0558 e. The van der Waals surface area contributed by atoms with Gasteiger partial charge < -0.3 is 5.11 Å². The molecule has 0 aromatic rings. The summed E-state index contributed by atoms with van der Waals surface area (Å²) in [7, 11) is 0. The van der Waals surface area contributed by atoms with Crippen molar-refractivity contribution in [2.75, 3.05) is 26.2 Å². The lowest BCUT2D eigenvalue weighted by molar-refractivity contribution is 0.151. The molecule has 0 aromatic heterocycles. The van der Waals surface area contributed by atoms with Crippen LogP contribution in [0.25, 0.3) is 10.4 Å². The van der Waals surface area contributed by atoms with Gasteiger partial charge in [0, 0.05) is 24.0 Å². The van der Waals surface area contributed by atoms with Crippen molar-refractivity contribution < 1.29 is 5.11 Å². The quantitative estimate of drug-likeness (QED) is 0.303. The molecule has 1 aliphatic carbocycles. The van der Waals surface area contributed by atoms with Gasteiger partial charge in [-0.05, 0) is 31.3 Å². The molecule has 86 valence electrons. The summed E-state index contributed by atoms with van der Waals surface area (Å²) in [6.07, 6.45) is 6.01. The minimum absolute atomic E-state index is 0.220. The van der Waals surface area contributed by atoms with Gasteiger partial charge in [0.2, 0.25) is 0 Å². The molecule has 0 amide bonds. The fraction of sp³-hybridized carbons (Fsp3) is 1.00. The number of hydrogen-bond donors (Lipinski definition) is 1. The lowest BCUT2D eigenvalue weighted by atomic mass is 10.2. The average molecular weight is 212 g/mol. The molecule has 1 fully saturated rings. The molecular weight excluding hydrogens is 192 g/mol. The summed E-state index contributed by atoms with van der Waals surface area (Å²) >= 11 is 0. The van der Waals surface area contributed by atoms with Crippen molar-refractivity contribution in [3.63, 3.8) is 0 Å². The molecule has 5 nitrogen and oxygen atoms in total. The molecule has 1 N–H and O–H groups in total. The highest BCUT2D eigenvalue weighted by Gasteiger charge is 2.21. The molecule has 0 spiro atoms. The minimum atomic E-state index is 0.220. The third kappa shape index (κ3) is 4.51. The van der Waals surface area contributed by atoms with Gasteiger partial charge in [-0.2, -0.15) is 0 Å². The van der Waals surface area contributed by atoms with Crippen LogP contribution in [0.3, 0.4) is 0 Å². The fourth-order valence-electron chi connectivity index (χ4n) is 2.26. The number of hydrogen-bond acceptors (Lipinski definition) is 3. The lowest BCUT2D eigenvalue weighted by Gasteiger charge is -2.27. The first-order valence-electron chi connectivity index (χ1n) is 5.74. The second-order valence-electron chi connectivity index (χ2n) is 4.01. The fourth-order valence-corrected chi connectivity index (χ4v) is 2.26. The zero-order valence-corrected chi connectivity index (χ0v) is 9.18. The summed E-state index contributed by atoms with van der Waals surface area (Å²) in [5.74, 6) is 0. The van der Waals surface area contributed by atoms with Crippen molar-refractivity contribution in [2.45, 2.75) is 38.1 Å². The summed E-state index contributed by atoms with van der Waals surface area (Å²) in [6.45, 7) is 2.47. The normalized spacial score (nSPS) is 16.9. The van der Waals surface area contributed by atoms with Crippen LogP contribution in [0.15, 0.2) is 5.11 Å². The highest BCUT2D eigenvalue weighted by molar-refractivity contribution is 4.77. The van der Waals surface area contributed by atoms with Crippen LogP contribution >= 0.6 is 0 Å². The third-order valence-electron chi connectivity index (χ3n) is 2.99. The Morgan fingerprint density at radius 2 is 2.07 bits per heavy atom. The topological polar surface area (TPSA) is 72.2 Å². The first-order chi connectivity index (χ1) is 7.38. The van der Waals surface area contributed by atoms with E-state index >= 15 is 0 Å². The van der Waals surface area contributed by atoms with E-state index in [1.807, 2.05) is 0 Å². The summed E-state index contributed by atoms with van der Waals surface area (Å²) in [4.78, 5) is 5.07. The van der Waals surface area contributed by atoms with Crippen molar-refractivity contribution in [3.05, 3.63) is 10.4 Å². The van der Waals surface area contributed by atoms with E-state index in [9.17, 15) is 0 Å². The monoisotopic (exact) mass is 212 g/mol. The lowest BCUT2D eigenvalue weighted by Crippen LogP contribution is -2.36. The Labute approximate surface area is 90.7 Å². The van der Waals surface area contributed by atoms with E-state index in [4.69, 9.17) is 10.6 Å². The van der Waals surface area contributed by atoms with E-state index in [0.29, 0.717) is 12.6 Å². The van der Waals surface area contributed by atoms with Gasteiger partial charge in [0.1, 0.15) is 0 Å². The van der Waals surface area contributed by atoms with Crippen LogP contribution in [-0.4, -0.2) is 42.3 Å². The van der Waals surface area contributed by atoms with Crippen LogP contribution in [-0.2, 0) is 0 Å². The number of nitrogens with zero attached hydrogens (tertiary/aromatic N) is 4. The first-order valence-corrected chi connectivity index (χ1v) is 5.74. The van der Waals surface area contributed by atoms with E-state index in [-0.39, 0.29) is 6.61 Å². The van der Waals surface area contributed by atoms with Crippen LogP contribution in [0, 0.1) is 0 Å². The Kier molecular flexibility index (Phi) is 6.16. The van der Waals surface area contributed by atoms with E-state index in [2.05, 4.69) is 14.9 Å². The molecule has 15 heavy (non-hydrogen) atoms. The summed E-state index contributed by atoms with van der Waals surface area (Å²) in [6, 6.07) is 0.642. The molecule has 0 aliphatic heterocycles. The van der Waals surface area contributed by atoms with Gasteiger partial charge >= 0.3 is 0 Å². The molecule has 0 radical (unpaired) electrons.